The van der Waals surface area contributed by atoms with Crippen LogP contribution in [-0.4, -0.2) is 4.98 Å². The van der Waals surface area contributed by atoms with Crippen LogP contribution in [0.5, 0.6) is 0 Å². The molecule has 2 N–H and O–H groups in total. The Hall–Kier alpha value is -2.20. The van der Waals surface area contributed by atoms with Gasteiger partial charge in [-0.2, -0.15) is 5.26 Å². The monoisotopic (exact) mass is 267 g/mol. The highest BCUT2D eigenvalue weighted by atomic mass is 32.1. The maximum Gasteiger partial charge on any atom is 0.304 e. The quantitative estimate of drug-likeness (QED) is 0.895. The van der Waals surface area contributed by atoms with E-state index < -0.39 is 11.6 Å². The lowest BCUT2D eigenvalue weighted by atomic mass is 10.2. The first-order valence-corrected chi connectivity index (χ1v) is 5.78. The Bertz CT molecular complexity index is 648. The number of H-pyrrole nitrogens is 1. The highest BCUT2D eigenvalue weighted by Gasteiger charge is 2.11. The van der Waals surface area contributed by atoms with E-state index in [1.165, 1.54) is 0 Å². The zero-order chi connectivity index (χ0) is 13.1. The SMILES string of the molecule is N#Cc1cc(F)c(NCc2csc(=O)[nH]2)c(F)c1. The minimum atomic E-state index is -0.843. The van der Waals surface area contributed by atoms with Gasteiger partial charge < -0.3 is 10.3 Å². The van der Waals surface area contributed by atoms with Gasteiger partial charge in [0.25, 0.3) is 0 Å². The van der Waals surface area contributed by atoms with Crippen molar-refractivity contribution in [2.45, 2.75) is 6.54 Å². The van der Waals surface area contributed by atoms with Crippen molar-refractivity contribution in [1.29, 1.82) is 5.26 Å². The molecule has 1 aromatic heterocycles. The first-order valence-electron chi connectivity index (χ1n) is 4.90. The smallest absolute Gasteiger partial charge is 0.304 e. The van der Waals surface area contributed by atoms with Crippen molar-refractivity contribution < 1.29 is 8.78 Å². The Morgan fingerprint density at radius 2 is 2.06 bits per heavy atom. The van der Waals surface area contributed by atoms with E-state index in [1.807, 2.05) is 0 Å². The summed E-state index contributed by atoms with van der Waals surface area (Å²) in [5.74, 6) is -1.69. The molecule has 1 heterocycles. The van der Waals surface area contributed by atoms with Gasteiger partial charge in [-0.3, -0.25) is 4.79 Å². The third kappa shape index (κ3) is 2.55. The lowest BCUT2D eigenvalue weighted by molar-refractivity contribution is 0.587. The predicted octanol–water partition coefficient (Wildman–Crippen LogP) is 2.20. The summed E-state index contributed by atoms with van der Waals surface area (Å²) in [5, 5.41) is 12.6. The molecule has 0 bridgehead atoms. The molecule has 2 rings (SSSR count). The van der Waals surface area contributed by atoms with Crippen LogP contribution < -0.4 is 10.2 Å². The zero-order valence-electron chi connectivity index (χ0n) is 8.96. The first-order chi connectivity index (χ1) is 8.60. The van der Waals surface area contributed by atoms with Crippen LogP contribution in [0.25, 0.3) is 0 Å². The Balaban J connectivity index is 2.20. The number of nitriles is 1. The summed E-state index contributed by atoms with van der Waals surface area (Å²) < 4.78 is 27.0. The minimum absolute atomic E-state index is 0.0838. The average molecular weight is 267 g/mol. The topological polar surface area (TPSA) is 68.7 Å². The molecular formula is C11H7F2N3OS. The van der Waals surface area contributed by atoms with Crippen LogP contribution in [-0.2, 0) is 6.54 Å². The highest BCUT2D eigenvalue weighted by molar-refractivity contribution is 7.07. The fraction of sp³-hybridized carbons (Fsp3) is 0.0909. The number of nitrogens with one attached hydrogen (secondary N) is 2. The summed E-state index contributed by atoms with van der Waals surface area (Å²) in [5.41, 5.74) is 0.133. The van der Waals surface area contributed by atoms with E-state index >= 15 is 0 Å². The van der Waals surface area contributed by atoms with Crippen LogP contribution in [0.1, 0.15) is 11.3 Å². The highest BCUT2D eigenvalue weighted by Crippen LogP contribution is 2.21. The number of thiazole rings is 1. The molecule has 0 fully saturated rings. The normalized spacial score (nSPS) is 10.1. The molecule has 0 saturated heterocycles. The van der Waals surface area contributed by atoms with E-state index in [-0.39, 0.29) is 22.7 Å². The Kier molecular flexibility index (Phi) is 3.39. The molecule has 0 atom stereocenters. The summed E-state index contributed by atoms with van der Waals surface area (Å²) in [4.78, 5) is 13.2. The predicted molar refractivity (Wildman–Crippen MR) is 63.3 cm³/mol. The number of hydrogen-bond acceptors (Lipinski definition) is 4. The molecule has 0 radical (unpaired) electrons. The maximum absolute atomic E-state index is 13.5. The first kappa shape index (κ1) is 12.3. The van der Waals surface area contributed by atoms with Gasteiger partial charge in [0.1, 0.15) is 5.69 Å². The van der Waals surface area contributed by atoms with Gasteiger partial charge in [-0.15, -0.1) is 0 Å². The van der Waals surface area contributed by atoms with Gasteiger partial charge in [0.05, 0.1) is 18.2 Å². The van der Waals surface area contributed by atoms with Gasteiger partial charge in [0, 0.05) is 11.1 Å². The summed E-state index contributed by atoms with van der Waals surface area (Å²) >= 11 is 0.972. The molecule has 0 aliphatic heterocycles. The number of aromatic nitrogens is 1. The van der Waals surface area contributed by atoms with Gasteiger partial charge in [0.15, 0.2) is 11.6 Å². The molecule has 1 aromatic carbocycles. The molecule has 0 aliphatic carbocycles. The molecule has 0 saturated carbocycles. The van der Waals surface area contributed by atoms with Gasteiger partial charge in [-0.05, 0) is 12.1 Å². The molecule has 7 heteroatoms. The van der Waals surface area contributed by atoms with Crippen LogP contribution in [0.4, 0.5) is 14.5 Å². The fourth-order valence-electron chi connectivity index (χ4n) is 1.39. The molecule has 0 amide bonds. The Morgan fingerprint density at radius 1 is 1.39 bits per heavy atom. The Morgan fingerprint density at radius 3 is 2.56 bits per heavy atom. The van der Waals surface area contributed by atoms with Crippen molar-refractivity contribution in [3.8, 4) is 6.07 Å². The van der Waals surface area contributed by atoms with Crippen LogP contribution >= 0.6 is 11.3 Å². The second-order valence-corrected chi connectivity index (χ2v) is 4.30. The maximum atomic E-state index is 13.5. The van der Waals surface area contributed by atoms with Gasteiger partial charge in [-0.25, -0.2) is 8.78 Å². The van der Waals surface area contributed by atoms with Crippen LogP contribution in [0.15, 0.2) is 22.3 Å². The largest absolute Gasteiger partial charge is 0.375 e. The Labute approximate surface area is 105 Å². The number of rotatable bonds is 3. The molecule has 92 valence electrons. The number of nitrogens with zero attached hydrogens (tertiary/aromatic N) is 1. The second kappa shape index (κ2) is 4.98. The average Bonchev–Trinajstić information content (AvgIpc) is 2.73. The van der Waals surface area contributed by atoms with Gasteiger partial charge in [0.2, 0.25) is 0 Å². The van der Waals surface area contributed by atoms with Crippen molar-refractivity contribution in [3.63, 3.8) is 0 Å². The summed E-state index contributed by atoms with van der Waals surface area (Å²) in [6.45, 7) is 0.0957. The van der Waals surface area contributed by atoms with E-state index in [1.54, 1.807) is 11.4 Å². The fourth-order valence-corrected chi connectivity index (χ4v) is 1.97. The van der Waals surface area contributed by atoms with E-state index in [4.69, 9.17) is 5.26 Å². The number of benzene rings is 1. The summed E-state index contributed by atoms with van der Waals surface area (Å²) in [6.07, 6.45) is 0. The minimum Gasteiger partial charge on any atom is -0.375 e. The molecule has 0 unspecified atom stereocenters. The van der Waals surface area contributed by atoms with Crippen LogP contribution in [0.2, 0.25) is 0 Å². The van der Waals surface area contributed by atoms with Crippen LogP contribution in [0.3, 0.4) is 0 Å². The van der Waals surface area contributed by atoms with Gasteiger partial charge >= 0.3 is 4.87 Å². The number of hydrogen-bond donors (Lipinski definition) is 2. The lowest BCUT2D eigenvalue weighted by Crippen LogP contribution is -2.06. The van der Waals surface area contributed by atoms with Crippen molar-refractivity contribution in [2.24, 2.45) is 0 Å². The van der Waals surface area contributed by atoms with Crippen molar-refractivity contribution in [2.75, 3.05) is 5.32 Å². The molecule has 0 spiro atoms. The summed E-state index contributed by atoms with van der Waals surface area (Å²) in [7, 11) is 0. The van der Waals surface area contributed by atoms with E-state index in [0.717, 1.165) is 23.5 Å². The van der Waals surface area contributed by atoms with E-state index in [9.17, 15) is 13.6 Å². The van der Waals surface area contributed by atoms with Crippen molar-refractivity contribution in [1.82, 2.24) is 4.98 Å². The van der Waals surface area contributed by atoms with Gasteiger partial charge in [-0.1, -0.05) is 11.3 Å². The third-order valence-corrected chi connectivity index (χ3v) is 2.92. The number of anilines is 1. The van der Waals surface area contributed by atoms with E-state index in [0.29, 0.717) is 5.69 Å². The van der Waals surface area contributed by atoms with Crippen molar-refractivity contribution >= 4 is 17.0 Å². The van der Waals surface area contributed by atoms with Crippen molar-refractivity contribution in [3.05, 3.63) is 50.1 Å². The molecule has 0 aliphatic rings. The zero-order valence-corrected chi connectivity index (χ0v) is 9.78. The number of halogens is 2. The summed E-state index contributed by atoms with van der Waals surface area (Å²) in [6, 6.07) is 3.55. The van der Waals surface area contributed by atoms with E-state index in [2.05, 4.69) is 10.3 Å². The molecule has 18 heavy (non-hydrogen) atoms. The van der Waals surface area contributed by atoms with Crippen LogP contribution in [0, 0.1) is 23.0 Å². The third-order valence-electron chi connectivity index (χ3n) is 2.20. The second-order valence-electron chi connectivity index (χ2n) is 3.45. The molecule has 4 nitrogen and oxygen atoms in total. The standard InChI is InChI=1S/C11H7F2N3OS/c12-8-1-6(3-14)2-9(13)10(8)15-4-7-5-18-11(17)16-7/h1-2,5,15H,4H2,(H,16,17). The molecule has 2 aromatic rings. The lowest BCUT2D eigenvalue weighted by Gasteiger charge is -2.07. The number of aromatic amines is 1. The molecular weight excluding hydrogens is 260 g/mol.